The third kappa shape index (κ3) is 3.98. The largest absolute Gasteiger partial charge is 0.309 e. The van der Waals surface area contributed by atoms with E-state index in [9.17, 15) is 9.59 Å². The Morgan fingerprint density at radius 1 is 1.22 bits per heavy atom. The van der Waals surface area contributed by atoms with Gasteiger partial charge in [0.25, 0.3) is 5.91 Å². The van der Waals surface area contributed by atoms with Crippen molar-refractivity contribution in [1.29, 1.82) is 0 Å². The fourth-order valence-corrected chi connectivity index (χ4v) is 3.46. The number of fused-ring (bicyclic) bond motifs is 1. The van der Waals surface area contributed by atoms with Crippen LogP contribution in [0, 0.1) is 0 Å². The summed E-state index contributed by atoms with van der Waals surface area (Å²) in [6.45, 7) is 0. The number of carbonyl (C=O) groups is 2. The number of pyridine rings is 1. The maximum absolute atomic E-state index is 12.6. The molecule has 0 spiro atoms. The van der Waals surface area contributed by atoms with Gasteiger partial charge in [-0.3, -0.25) is 14.9 Å². The lowest BCUT2D eigenvalue weighted by atomic mass is 10.1. The highest BCUT2D eigenvalue weighted by atomic mass is 32.2. The fraction of sp³-hybridized carbons (Fsp3) is 0.167. The number of carbonyl (C=O) groups excluding carboxylic acids is 2. The molecular weight excluding hydrogens is 364 g/mol. The number of benzene rings is 1. The van der Waals surface area contributed by atoms with E-state index >= 15 is 0 Å². The second kappa shape index (κ2) is 7.58. The van der Waals surface area contributed by atoms with Crippen molar-refractivity contribution in [2.75, 3.05) is 10.6 Å². The Morgan fingerprint density at radius 3 is 2.81 bits per heavy atom. The topological polar surface area (TPSA) is 102 Å². The highest BCUT2D eigenvalue weighted by molar-refractivity contribution is 7.98. The van der Waals surface area contributed by atoms with Crippen molar-refractivity contribution in [2.24, 2.45) is 0 Å². The van der Waals surface area contributed by atoms with Crippen molar-refractivity contribution in [1.82, 2.24) is 19.7 Å². The third-order valence-electron chi connectivity index (χ3n) is 3.97. The van der Waals surface area contributed by atoms with E-state index in [4.69, 9.17) is 0 Å². The number of hydrogen-bond donors (Lipinski definition) is 2. The summed E-state index contributed by atoms with van der Waals surface area (Å²) in [5.41, 5.74) is 1.14. The van der Waals surface area contributed by atoms with Gasteiger partial charge in [-0.15, -0.1) is 5.10 Å². The van der Waals surface area contributed by atoms with Crippen molar-refractivity contribution >= 4 is 35.3 Å². The van der Waals surface area contributed by atoms with E-state index in [1.54, 1.807) is 24.4 Å². The quantitative estimate of drug-likeness (QED) is 0.660. The first kappa shape index (κ1) is 17.2. The first-order valence-electron chi connectivity index (χ1n) is 8.34. The summed E-state index contributed by atoms with van der Waals surface area (Å²) in [5, 5.41) is 10.3. The smallest absolute Gasteiger partial charge is 0.251 e. The minimum Gasteiger partial charge on any atom is -0.309 e. The number of nitrogens with zero attached hydrogens (tertiary/aromatic N) is 4. The van der Waals surface area contributed by atoms with E-state index in [0.29, 0.717) is 16.7 Å². The van der Waals surface area contributed by atoms with Gasteiger partial charge in [-0.1, -0.05) is 48.2 Å². The fourth-order valence-electron chi connectivity index (χ4n) is 2.68. The predicted molar refractivity (Wildman–Crippen MR) is 101 cm³/mol. The van der Waals surface area contributed by atoms with Crippen molar-refractivity contribution in [3.63, 3.8) is 0 Å². The molecule has 1 aliphatic heterocycles. The van der Waals surface area contributed by atoms with Gasteiger partial charge in [-0.05, 0) is 17.7 Å². The Kier molecular flexibility index (Phi) is 4.84. The van der Waals surface area contributed by atoms with Gasteiger partial charge in [-0.2, -0.15) is 4.98 Å². The number of aromatic nitrogens is 4. The molecule has 1 atom stereocenters. The van der Waals surface area contributed by atoms with E-state index in [-0.39, 0.29) is 24.2 Å². The molecule has 3 aromatic rings. The Labute approximate surface area is 159 Å². The molecule has 0 radical (unpaired) electrons. The van der Waals surface area contributed by atoms with Crippen LogP contribution in [0.4, 0.5) is 11.8 Å². The lowest BCUT2D eigenvalue weighted by Crippen LogP contribution is -2.36. The Hall–Kier alpha value is -3.20. The molecule has 0 saturated heterocycles. The van der Waals surface area contributed by atoms with Crippen LogP contribution in [0.1, 0.15) is 18.0 Å². The molecule has 1 unspecified atom stereocenters. The van der Waals surface area contributed by atoms with E-state index in [1.165, 1.54) is 16.4 Å². The van der Waals surface area contributed by atoms with Crippen LogP contribution in [0.15, 0.2) is 59.9 Å². The maximum Gasteiger partial charge on any atom is 0.251 e. The number of hydrogen-bond acceptors (Lipinski definition) is 6. The van der Waals surface area contributed by atoms with E-state index in [2.05, 4.69) is 25.7 Å². The van der Waals surface area contributed by atoms with Gasteiger partial charge in [0.15, 0.2) is 0 Å². The van der Waals surface area contributed by atoms with Gasteiger partial charge < -0.3 is 5.32 Å². The first-order chi connectivity index (χ1) is 13.2. The molecule has 0 bridgehead atoms. The monoisotopic (exact) mass is 380 g/mol. The summed E-state index contributed by atoms with van der Waals surface area (Å²) < 4.78 is 1.47. The SMILES string of the molecule is O=C1CC(C(=O)Nc2ccccn2)n2nc(SCc3ccccc3)nc2N1. The Bertz CT molecular complexity index is 960. The van der Waals surface area contributed by atoms with Crippen LogP contribution in [-0.4, -0.2) is 31.6 Å². The average molecular weight is 380 g/mol. The summed E-state index contributed by atoms with van der Waals surface area (Å²) in [6, 6.07) is 14.4. The molecule has 2 aromatic heterocycles. The van der Waals surface area contributed by atoms with Crippen LogP contribution in [-0.2, 0) is 15.3 Å². The zero-order chi connectivity index (χ0) is 18.6. The second-order valence-electron chi connectivity index (χ2n) is 5.91. The van der Waals surface area contributed by atoms with E-state index in [1.807, 2.05) is 30.3 Å². The number of anilines is 2. The zero-order valence-corrected chi connectivity index (χ0v) is 15.0. The first-order valence-corrected chi connectivity index (χ1v) is 9.32. The van der Waals surface area contributed by atoms with Crippen LogP contribution in [0.25, 0.3) is 0 Å². The van der Waals surface area contributed by atoms with Gasteiger partial charge in [0.1, 0.15) is 11.9 Å². The molecule has 0 saturated carbocycles. The minimum absolute atomic E-state index is 0.00216. The molecular formula is C18H16N6O2S. The summed E-state index contributed by atoms with van der Waals surface area (Å²) in [6.07, 6.45) is 1.58. The van der Waals surface area contributed by atoms with Crippen LogP contribution >= 0.6 is 11.8 Å². The Balaban J connectivity index is 1.51. The average Bonchev–Trinajstić information content (AvgIpc) is 3.10. The van der Waals surface area contributed by atoms with Gasteiger partial charge in [0.05, 0.1) is 6.42 Å². The lowest BCUT2D eigenvalue weighted by Gasteiger charge is -2.22. The standard InChI is InChI=1S/C18H16N6O2S/c25-15-10-13(16(26)20-14-8-4-5-9-19-14)24-17(21-15)22-18(23-24)27-11-12-6-2-1-3-7-12/h1-9,13H,10-11H2,(H,19,20,26)(H,21,22,23,25). The molecule has 1 aliphatic rings. The molecule has 0 fully saturated rings. The summed E-state index contributed by atoms with van der Waals surface area (Å²) in [4.78, 5) is 33.0. The van der Waals surface area contributed by atoms with E-state index in [0.717, 1.165) is 5.56 Å². The number of thioether (sulfide) groups is 1. The second-order valence-corrected chi connectivity index (χ2v) is 6.85. The molecule has 136 valence electrons. The van der Waals surface area contributed by atoms with Gasteiger partial charge >= 0.3 is 0 Å². The minimum atomic E-state index is -0.769. The maximum atomic E-state index is 12.6. The summed E-state index contributed by atoms with van der Waals surface area (Å²) >= 11 is 1.45. The predicted octanol–water partition coefficient (Wildman–Crippen LogP) is 2.49. The third-order valence-corrected chi connectivity index (χ3v) is 4.88. The van der Waals surface area contributed by atoms with Gasteiger partial charge in [0.2, 0.25) is 17.0 Å². The van der Waals surface area contributed by atoms with Crippen LogP contribution in [0.2, 0.25) is 0 Å². The van der Waals surface area contributed by atoms with Crippen molar-refractivity contribution in [3.05, 3.63) is 60.3 Å². The molecule has 4 rings (SSSR count). The highest BCUT2D eigenvalue weighted by Crippen LogP contribution is 2.28. The van der Waals surface area contributed by atoms with Crippen LogP contribution in [0.5, 0.6) is 0 Å². The highest BCUT2D eigenvalue weighted by Gasteiger charge is 2.33. The Morgan fingerprint density at radius 2 is 2.04 bits per heavy atom. The molecule has 2 N–H and O–H groups in total. The molecule has 3 heterocycles. The van der Waals surface area contributed by atoms with Crippen molar-refractivity contribution in [3.8, 4) is 0 Å². The van der Waals surface area contributed by atoms with Crippen molar-refractivity contribution in [2.45, 2.75) is 23.4 Å². The molecule has 2 amide bonds. The lowest BCUT2D eigenvalue weighted by molar-refractivity contribution is -0.125. The summed E-state index contributed by atoms with van der Waals surface area (Å²) in [5.74, 6) is 0.782. The van der Waals surface area contributed by atoms with Crippen LogP contribution in [0.3, 0.4) is 0 Å². The molecule has 8 nitrogen and oxygen atoms in total. The number of amides is 2. The zero-order valence-electron chi connectivity index (χ0n) is 14.2. The molecule has 27 heavy (non-hydrogen) atoms. The van der Waals surface area contributed by atoms with E-state index < -0.39 is 6.04 Å². The number of rotatable bonds is 5. The van der Waals surface area contributed by atoms with Crippen molar-refractivity contribution < 1.29 is 9.59 Å². The summed E-state index contributed by atoms with van der Waals surface area (Å²) in [7, 11) is 0. The number of nitrogens with one attached hydrogen (secondary N) is 2. The normalized spacial score (nSPS) is 15.7. The molecule has 0 aliphatic carbocycles. The molecule has 1 aromatic carbocycles. The molecule has 9 heteroatoms. The van der Waals surface area contributed by atoms with Gasteiger partial charge in [-0.25, -0.2) is 9.67 Å². The van der Waals surface area contributed by atoms with Crippen LogP contribution < -0.4 is 10.6 Å². The van der Waals surface area contributed by atoms with Gasteiger partial charge in [0, 0.05) is 11.9 Å².